The predicted octanol–water partition coefficient (Wildman–Crippen LogP) is 4.19. The van der Waals surface area contributed by atoms with Crippen LogP contribution in [0.25, 0.3) is 0 Å². The van der Waals surface area contributed by atoms with Gasteiger partial charge in [-0.15, -0.1) is 0 Å². The van der Waals surface area contributed by atoms with E-state index in [4.69, 9.17) is 4.74 Å². The molecule has 3 atom stereocenters. The number of nitrogens with zero attached hydrogens (tertiary/aromatic N) is 2. The normalized spacial score (nSPS) is 24.6. The minimum absolute atomic E-state index is 0.0977. The topological polar surface area (TPSA) is 49.9 Å². The number of carbonyl (C=O) groups excluding carboxylic acids is 2. The molecule has 5 nitrogen and oxygen atoms in total. The zero-order chi connectivity index (χ0) is 21.3. The number of esters is 1. The van der Waals surface area contributed by atoms with Gasteiger partial charge in [0.2, 0.25) is 5.91 Å². The second-order valence-electron chi connectivity index (χ2n) is 8.64. The van der Waals surface area contributed by atoms with Crippen LogP contribution in [0, 0.1) is 0 Å². The fourth-order valence-electron chi connectivity index (χ4n) is 4.85. The maximum Gasteiger partial charge on any atom is 0.328 e. The summed E-state index contributed by atoms with van der Waals surface area (Å²) in [4.78, 5) is 29.5. The third-order valence-electron chi connectivity index (χ3n) is 6.10. The quantitative estimate of drug-likeness (QED) is 0.553. The summed E-state index contributed by atoms with van der Waals surface area (Å²) >= 11 is 0. The van der Waals surface area contributed by atoms with Gasteiger partial charge < -0.3 is 14.5 Å². The highest BCUT2D eigenvalue weighted by atomic mass is 16.5. The molecule has 2 aliphatic heterocycles. The number of hydrogen-bond donors (Lipinski definition) is 0. The van der Waals surface area contributed by atoms with Gasteiger partial charge in [0.1, 0.15) is 12.2 Å². The summed E-state index contributed by atoms with van der Waals surface area (Å²) in [6, 6.07) is 7.80. The van der Waals surface area contributed by atoms with Crippen molar-refractivity contribution in [3.8, 4) is 0 Å². The first-order valence-corrected chi connectivity index (χ1v) is 10.2. The highest BCUT2D eigenvalue weighted by molar-refractivity contribution is 5.87. The lowest BCUT2D eigenvalue weighted by Gasteiger charge is -2.38. The minimum Gasteiger partial charge on any atom is -0.467 e. The Kier molecular flexibility index (Phi) is 5.87. The molecule has 1 fully saturated rings. The van der Waals surface area contributed by atoms with Crippen LogP contribution >= 0.6 is 0 Å². The molecule has 0 unspecified atom stereocenters. The van der Waals surface area contributed by atoms with Crippen LogP contribution in [0.1, 0.15) is 53.0 Å². The zero-order valence-electron chi connectivity index (χ0n) is 18.4. The molecule has 1 amide bonds. The number of rotatable bonds is 5. The molecule has 29 heavy (non-hydrogen) atoms. The summed E-state index contributed by atoms with van der Waals surface area (Å²) < 4.78 is 5.09. The zero-order valence-corrected chi connectivity index (χ0v) is 18.4. The van der Waals surface area contributed by atoms with E-state index in [2.05, 4.69) is 56.9 Å². The Morgan fingerprint density at radius 1 is 1.10 bits per heavy atom. The van der Waals surface area contributed by atoms with Crippen molar-refractivity contribution in [2.75, 3.05) is 18.6 Å². The van der Waals surface area contributed by atoms with E-state index >= 15 is 0 Å². The summed E-state index contributed by atoms with van der Waals surface area (Å²) in [6.07, 6.45) is 5.53. The van der Waals surface area contributed by atoms with Gasteiger partial charge in [-0.05, 0) is 52.2 Å². The molecule has 2 aliphatic rings. The molecule has 3 rings (SSSR count). The van der Waals surface area contributed by atoms with Crippen molar-refractivity contribution in [1.82, 2.24) is 4.90 Å². The molecule has 0 spiro atoms. The third kappa shape index (κ3) is 3.59. The van der Waals surface area contributed by atoms with Crippen molar-refractivity contribution >= 4 is 17.6 Å². The van der Waals surface area contributed by atoms with Crippen LogP contribution in [0.3, 0.4) is 0 Å². The number of carbonyl (C=O) groups is 2. The predicted molar refractivity (Wildman–Crippen MR) is 116 cm³/mol. The van der Waals surface area contributed by atoms with Crippen molar-refractivity contribution in [3.63, 3.8) is 0 Å². The Labute approximate surface area is 174 Å². The monoisotopic (exact) mass is 396 g/mol. The van der Waals surface area contributed by atoms with Crippen LogP contribution in [0.15, 0.2) is 47.6 Å². The molecule has 0 aliphatic carbocycles. The standard InChI is InChI=1S/C24H32N2O3/c1-16(2)11-13-24-15-21(22(28)29-6)26(18(5)27)23(24)25(14-12-17(3)4)20-10-8-7-9-19(20)24/h7-12,21,23H,13-15H2,1-6H3/t21-,23+,24+/m0/s1. The summed E-state index contributed by atoms with van der Waals surface area (Å²) in [6.45, 7) is 10.6. The first-order valence-electron chi connectivity index (χ1n) is 10.2. The lowest BCUT2D eigenvalue weighted by Crippen LogP contribution is -2.54. The molecule has 0 bridgehead atoms. The van der Waals surface area contributed by atoms with Gasteiger partial charge in [-0.1, -0.05) is 41.5 Å². The number of methoxy groups -OCH3 is 1. The molecule has 0 aromatic heterocycles. The van der Waals surface area contributed by atoms with Gasteiger partial charge in [-0.25, -0.2) is 4.79 Å². The van der Waals surface area contributed by atoms with Crippen LogP contribution < -0.4 is 4.90 Å². The van der Waals surface area contributed by atoms with Crippen LogP contribution in [-0.2, 0) is 19.7 Å². The molecule has 1 saturated heterocycles. The van der Waals surface area contributed by atoms with E-state index in [9.17, 15) is 9.59 Å². The van der Waals surface area contributed by atoms with Gasteiger partial charge in [0.05, 0.1) is 7.11 Å². The van der Waals surface area contributed by atoms with E-state index in [-0.39, 0.29) is 23.5 Å². The Morgan fingerprint density at radius 2 is 1.76 bits per heavy atom. The van der Waals surface area contributed by atoms with E-state index in [1.807, 2.05) is 12.1 Å². The van der Waals surface area contributed by atoms with Gasteiger partial charge >= 0.3 is 5.97 Å². The SMILES string of the molecule is COC(=O)[C@@H]1C[C@]2(CC=C(C)C)c3ccccc3N(CC=C(C)C)[C@@H]2N1C(C)=O. The fourth-order valence-corrected chi connectivity index (χ4v) is 4.85. The van der Waals surface area contributed by atoms with E-state index in [0.29, 0.717) is 13.0 Å². The molecular weight excluding hydrogens is 364 g/mol. The molecule has 0 saturated carbocycles. The second kappa shape index (κ2) is 8.05. The Hall–Kier alpha value is -2.56. The van der Waals surface area contributed by atoms with Crippen molar-refractivity contribution < 1.29 is 14.3 Å². The first kappa shape index (κ1) is 21.2. The first-order chi connectivity index (χ1) is 13.7. The fraction of sp³-hybridized carbons (Fsp3) is 0.500. The number of likely N-dealkylation sites (tertiary alicyclic amines) is 1. The summed E-state index contributed by atoms with van der Waals surface area (Å²) in [5.74, 6) is -0.440. The lowest BCUT2D eigenvalue weighted by atomic mass is 9.75. The molecule has 156 valence electrons. The highest BCUT2D eigenvalue weighted by Gasteiger charge is 2.62. The molecular formula is C24H32N2O3. The summed E-state index contributed by atoms with van der Waals surface area (Å²) in [5, 5.41) is 0. The van der Waals surface area contributed by atoms with E-state index in [1.165, 1.54) is 23.8 Å². The van der Waals surface area contributed by atoms with Crippen LogP contribution in [-0.4, -0.2) is 42.6 Å². The number of amides is 1. The van der Waals surface area contributed by atoms with E-state index < -0.39 is 6.04 Å². The van der Waals surface area contributed by atoms with E-state index in [0.717, 1.165) is 12.1 Å². The highest BCUT2D eigenvalue weighted by Crippen LogP contribution is 2.56. The summed E-state index contributed by atoms with van der Waals surface area (Å²) in [7, 11) is 1.40. The largest absolute Gasteiger partial charge is 0.467 e. The van der Waals surface area contributed by atoms with Gasteiger partial charge in [0, 0.05) is 24.6 Å². The lowest BCUT2D eigenvalue weighted by molar-refractivity contribution is -0.151. The number of allylic oxidation sites excluding steroid dienone is 3. The van der Waals surface area contributed by atoms with Crippen LogP contribution in [0.4, 0.5) is 5.69 Å². The maximum absolute atomic E-state index is 12.8. The van der Waals surface area contributed by atoms with Crippen molar-refractivity contribution in [3.05, 3.63) is 53.1 Å². The Balaban J connectivity index is 2.22. The summed E-state index contributed by atoms with van der Waals surface area (Å²) in [5.41, 5.74) is 4.47. The molecule has 5 heteroatoms. The van der Waals surface area contributed by atoms with Crippen LogP contribution in [0.5, 0.6) is 0 Å². The minimum atomic E-state index is -0.573. The Bertz CT molecular complexity index is 865. The number of fused-ring (bicyclic) bond motifs is 3. The maximum atomic E-state index is 12.8. The van der Waals surface area contributed by atoms with Gasteiger partial charge in [0.25, 0.3) is 0 Å². The molecule has 0 radical (unpaired) electrons. The van der Waals surface area contributed by atoms with E-state index in [1.54, 1.807) is 11.8 Å². The molecule has 0 N–H and O–H groups in total. The average molecular weight is 397 g/mol. The number of hydrogen-bond acceptors (Lipinski definition) is 4. The number of para-hydroxylation sites is 1. The number of ether oxygens (including phenoxy) is 1. The molecule has 1 aromatic carbocycles. The van der Waals surface area contributed by atoms with Crippen molar-refractivity contribution in [2.24, 2.45) is 0 Å². The third-order valence-corrected chi connectivity index (χ3v) is 6.10. The van der Waals surface area contributed by atoms with Gasteiger partial charge in [0.15, 0.2) is 0 Å². The number of anilines is 1. The Morgan fingerprint density at radius 3 is 2.34 bits per heavy atom. The number of benzene rings is 1. The molecule has 1 aromatic rings. The second-order valence-corrected chi connectivity index (χ2v) is 8.64. The van der Waals surface area contributed by atoms with Crippen LogP contribution in [0.2, 0.25) is 0 Å². The van der Waals surface area contributed by atoms with Crippen molar-refractivity contribution in [1.29, 1.82) is 0 Å². The van der Waals surface area contributed by atoms with Gasteiger partial charge in [-0.3, -0.25) is 4.79 Å². The smallest absolute Gasteiger partial charge is 0.328 e. The van der Waals surface area contributed by atoms with Gasteiger partial charge in [-0.2, -0.15) is 0 Å². The van der Waals surface area contributed by atoms with Crippen molar-refractivity contribution in [2.45, 2.75) is 65.1 Å². The molecule has 2 heterocycles. The average Bonchev–Trinajstić information content (AvgIpc) is 3.14.